The SMILES string of the molecule is CN(C)c1nc(B2OC(C)(C)C(C)(C)O2)cn1-c1ccccc1. The summed E-state index contributed by atoms with van der Waals surface area (Å²) in [6, 6.07) is 10.2. The van der Waals surface area contributed by atoms with Crippen molar-refractivity contribution in [3.63, 3.8) is 0 Å². The second kappa shape index (κ2) is 5.39. The number of hydrogen-bond acceptors (Lipinski definition) is 4. The van der Waals surface area contributed by atoms with Crippen molar-refractivity contribution in [3.05, 3.63) is 36.5 Å². The fourth-order valence-electron chi connectivity index (χ4n) is 2.56. The second-order valence-electron chi connectivity index (χ2n) is 7.15. The Labute approximate surface area is 138 Å². The van der Waals surface area contributed by atoms with Crippen LogP contribution in [0, 0.1) is 0 Å². The molecule has 0 N–H and O–H groups in total. The molecule has 0 unspecified atom stereocenters. The number of para-hydroxylation sites is 1. The Kier molecular flexibility index (Phi) is 3.77. The highest BCUT2D eigenvalue weighted by Crippen LogP contribution is 2.36. The molecule has 0 bridgehead atoms. The molecule has 2 heterocycles. The molecule has 5 nitrogen and oxygen atoms in total. The Hall–Kier alpha value is -1.79. The van der Waals surface area contributed by atoms with E-state index in [4.69, 9.17) is 14.3 Å². The number of hydrogen-bond donors (Lipinski definition) is 0. The van der Waals surface area contributed by atoms with Gasteiger partial charge < -0.3 is 14.2 Å². The molecule has 6 heteroatoms. The minimum absolute atomic E-state index is 0.369. The van der Waals surface area contributed by atoms with Gasteiger partial charge in [0.2, 0.25) is 5.95 Å². The van der Waals surface area contributed by atoms with Crippen LogP contribution in [-0.4, -0.2) is 42.0 Å². The highest BCUT2D eigenvalue weighted by Gasteiger charge is 2.52. The van der Waals surface area contributed by atoms with Gasteiger partial charge in [-0.3, -0.25) is 4.57 Å². The molecular weight excluding hydrogens is 289 g/mol. The van der Waals surface area contributed by atoms with Crippen molar-refractivity contribution in [3.8, 4) is 5.69 Å². The van der Waals surface area contributed by atoms with E-state index in [-0.39, 0.29) is 11.2 Å². The summed E-state index contributed by atoms with van der Waals surface area (Å²) in [6.45, 7) is 8.20. The van der Waals surface area contributed by atoms with Gasteiger partial charge >= 0.3 is 7.12 Å². The number of rotatable bonds is 3. The van der Waals surface area contributed by atoms with Crippen molar-refractivity contribution in [2.75, 3.05) is 19.0 Å². The third-order valence-electron chi connectivity index (χ3n) is 4.64. The maximum Gasteiger partial charge on any atom is 0.516 e. The summed E-state index contributed by atoms with van der Waals surface area (Å²) in [5, 5.41) is 0. The molecule has 0 spiro atoms. The van der Waals surface area contributed by atoms with Gasteiger partial charge in [0, 0.05) is 26.0 Å². The first-order chi connectivity index (χ1) is 10.7. The molecule has 2 aromatic rings. The van der Waals surface area contributed by atoms with Gasteiger partial charge in [0.1, 0.15) is 0 Å². The van der Waals surface area contributed by atoms with Crippen LogP contribution in [0.1, 0.15) is 27.7 Å². The summed E-state index contributed by atoms with van der Waals surface area (Å²) in [5.41, 5.74) is 1.11. The Morgan fingerprint density at radius 3 is 2.09 bits per heavy atom. The average Bonchev–Trinajstić information content (AvgIpc) is 3.00. The molecule has 0 aliphatic carbocycles. The molecular formula is C17H24BN3O2. The zero-order valence-corrected chi connectivity index (χ0v) is 14.7. The van der Waals surface area contributed by atoms with Gasteiger partial charge in [-0.1, -0.05) is 18.2 Å². The lowest BCUT2D eigenvalue weighted by Gasteiger charge is -2.32. The largest absolute Gasteiger partial charge is 0.516 e. The molecule has 1 aromatic heterocycles. The Morgan fingerprint density at radius 2 is 1.57 bits per heavy atom. The lowest BCUT2D eigenvalue weighted by Crippen LogP contribution is -2.41. The van der Waals surface area contributed by atoms with E-state index >= 15 is 0 Å². The first kappa shape index (κ1) is 16.1. The fraction of sp³-hybridized carbons (Fsp3) is 0.471. The summed E-state index contributed by atoms with van der Waals surface area (Å²) >= 11 is 0. The van der Waals surface area contributed by atoms with Crippen molar-refractivity contribution in [1.82, 2.24) is 9.55 Å². The van der Waals surface area contributed by atoms with Gasteiger partial charge in [-0.05, 0) is 39.8 Å². The van der Waals surface area contributed by atoms with Crippen LogP contribution in [0.15, 0.2) is 36.5 Å². The average molecular weight is 313 g/mol. The summed E-state index contributed by atoms with van der Waals surface area (Å²) in [4.78, 5) is 6.73. The smallest absolute Gasteiger partial charge is 0.398 e. The molecule has 1 aliphatic heterocycles. The van der Waals surface area contributed by atoms with E-state index in [9.17, 15) is 0 Å². The predicted octanol–water partition coefficient (Wildman–Crippen LogP) is 2.24. The van der Waals surface area contributed by atoms with Gasteiger partial charge in [0.25, 0.3) is 0 Å². The number of aromatic nitrogens is 2. The maximum atomic E-state index is 6.12. The summed E-state index contributed by atoms with van der Waals surface area (Å²) in [6.07, 6.45) is 1.99. The fourth-order valence-corrected chi connectivity index (χ4v) is 2.56. The summed E-state index contributed by atoms with van der Waals surface area (Å²) < 4.78 is 14.3. The molecule has 1 fully saturated rings. The first-order valence-electron chi connectivity index (χ1n) is 7.89. The number of nitrogens with zero attached hydrogens (tertiary/aromatic N) is 3. The van der Waals surface area contributed by atoms with Gasteiger partial charge in [-0.25, -0.2) is 4.98 Å². The quantitative estimate of drug-likeness (QED) is 0.815. The predicted molar refractivity (Wildman–Crippen MR) is 93.6 cm³/mol. The molecule has 1 aromatic carbocycles. The topological polar surface area (TPSA) is 39.5 Å². The van der Waals surface area contributed by atoms with E-state index in [1.807, 2.05) is 71.1 Å². The van der Waals surface area contributed by atoms with Crippen LogP contribution in [0.25, 0.3) is 5.69 Å². The van der Waals surface area contributed by atoms with Crippen molar-refractivity contribution in [1.29, 1.82) is 0 Å². The summed E-state index contributed by atoms with van der Waals surface area (Å²) in [5.74, 6) is 0.848. The van der Waals surface area contributed by atoms with E-state index in [1.54, 1.807) is 0 Å². The molecule has 0 radical (unpaired) electrons. The molecule has 122 valence electrons. The Balaban J connectivity index is 2.00. The Morgan fingerprint density at radius 1 is 1.00 bits per heavy atom. The molecule has 0 atom stereocenters. The molecule has 3 rings (SSSR count). The molecule has 1 aliphatic rings. The van der Waals surface area contributed by atoms with Crippen molar-refractivity contribution in [2.24, 2.45) is 0 Å². The van der Waals surface area contributed by atoms with E-state index in [0.29, 0.717) is 0 Å². The minimum Gasteiger partial charge on any atom is -0.398 e. The highest BCUT2D eigenvalue weighted by molar-refractivity contribution is 6.61. The zero-order valence-electron chi connectivity index (χ0n) is 14.7. The minimum atomic E-state index is -0.455. The monoisotopic (exact) mass is 313 g/mol. The van der Waals surface area contributed by atoms with Crippen LogP contribution in [0.2, 0.25) is 0 Å². The van der Waals surface area contributed by atoms with Crippen LogP contribution in [0.3, 0.4) is 0 Å². The molecule has 23 heavy (non-hydrogen) atoms. The molecule has 1 saturated heterocycles. The second-order valence-corrected chi connectivity index (χ2v) is 7.15. The summed E-state index contributed by atoms with van der Waals surface area (Å²) in [7, 11) is 3.51. The third-order valence-corrected chi connectivity index (χ3v) is 4.64. The van der Waals surface area contributed by atoms with Crippen LogP contribution in [-0.2, 0) is 9.31 Å². The Bertz CT molecular complexity index is 679. The van der Waals surface area contributed by atoms with E-state index in [1.165, 1.54) is 0 Å². The van der Waals surface area contributed by atoms with E-state index in [2.05, 4.69) is 16.7 Å². The van der Waals surface area contributed by atoms with Gasteiger partial charge in [0.05, 0.1) is 16.8 Å². The van der Waals surface area contributed by atoms with Crippen LogP contribution in [0.4, 0.5) is 5.95 Å². The van der Waals surface area contributed by atoms with Crippen molar-refractivity contribution < 1.29 is 9.31 Å². The van der Waals surface area contributed by atoms with E-state index in [0.717, 1.165) is 17.2 Å². The number of anilines is 1. The van der Waals surface area contributed by atoms with Crippen LogP contribution < -0.4 is 10.5 Å². The first-order valence-corrected chi connectivity index (χ1v) is 7.89. The molecule has 0 amide bonds. The lowest BCUT2D eigenvalue weighted by atomic mass is 9.86. The van der Waals surface area contributed by atoms with Crippen molar-refractivity contribution in [2.45, 2.75) is 38.9 Å². The van der Waals surface area contributed by atoms with E-state index < -0.39 is 7.12 Å². The standard InChI is InChI=1S/C17H24BN3O2/c1-16(2)17(3,4)23-18(22-16)14-12-21(15(19-14)20(5)6)13-10-8-7-9-11-13/h7-12H,1-6H3. The van der Waals surface area contributed by atoms with Gasteiger partial charge in [-0.15, -0.1) is 0 Å². The van der Waals surface area contributed by atoms with Crippen LogP contribution >= 0.6 is 0 Å². The highest BCUT2D eigenvalue weighted by atomic mass is 16.7. The molecule has 0 saturated carbocycles. The van der Waals surface area contributed by atoms with Gasteiger partial charge in [-0.2, -0.15) is 0 Å². The number of imidazole rings is 1. The normalized spacial score (nSPS) is 19.1. The number of benzene rings is 1. The maximum absolute atomic E-state index is 6.12. The lowest BCUT2D eigenvalue weighted by molar-refractivity contribution is 0.00578. The van der Waals surface area contributed by atoms with Crippen molar-refractivity contribution >= 4 is 18.7 Å². The van der Waals surface area contributed by atoms with Crippen LogP contribution in [0.5, 0.6) is 0 Å². The zero-order chi connectivity index (χ0) is 16.8. The third kappa shape index (κ3) is 2.77. The van der Waals surface area contributed by atoms with Gasteiger partial charge in [0.15, 0.2) is 0 Å².